The highest BCUT2D eigenvalue weighted by Crippen LogP contribution is 2.23. The number of aryl methyl sites for hydroxylation is 1. The Hall–Kier alpha value is -2.17. The predicted octanol–water partition coefficient (Wildman–Crippen LogP) is 1.57. The molecule has 0 fully saturated rings. The monoisotopic (exact) mass is 232 g/mol. The van der Waals surface area contributed by atoms with Crippen molar-refractivity contribution < 1.29 is 14.6 Å². The van der Waals surface area contributed by atoms with Gasteiger partial charge in [0, 0.05) is 0 Å². The molecule has 5 nitrogen and oxygen atoms in total. The van der Waals surface area contributed by atoms with Crippen molar-refractivity contribution in [2.45, 2.75) is 13.3 Å². The van der Waals surface area contributed by atoms with Crippen molar-refractivity contribution in [3.05, 3.63) is 29.6 Å². The van der Waals surface area contributed by atoms with Gasteiger partial charge >= 0.3 is 5.97 Å². The molecule has 1 N–H and O–H groups in total. The van der Waals surface area contributed by atoms with E-state index >= 15 is 0 Å². The average Bonchev–Trinajstić information content (AvgIpc) is 2.27. The molecule has 0 saturated carbocycles. The first kappa shape index (κ1) is 11.3. The minimum atomic E-state index is -0.960. The van der Waals surface area contributed by atoms with Crippen molar-refractivity contribution >= 4 is 16.9 Å². The van der Waals surface area contributed by atoms with Crippen LogP contribution in [0.3, 0.4) is 0 Å². The molecule has 0 saturated heterocycles. The fraction of sp³-hybridized carbons (Fsp3) is 0.250. The first-order valence-corrected chi connectivity index (χ1v) is 5.13. The summed E-state index contributed by atoms with van der Waals surface area (Å²) in [5, 5.41) is 9.52. The molecule has 5 heteroatoms. The quantitative estimate of drug-likeness (QED) is 0.869. The molecule has 0 aliphatic heterocycles. The Kier molecular flexibility index (Phi) is 2.91. The van der Waals surface area contributed by atoms with Gasteiger partial charge < -0.3 is 9.84 Å². The van der Waals surface area contributed by atoms with E-state index in [2.05, 4.69) is 9.97 Å². The van der Waals surface area contributed by atoms with Gasteiger partial charge in [0.1, 0.15) is 12.2 Å². The molecule has 0 atom stereocenters. The molecule has 0 aliphatic rings. The van der Waals surface area contributed by atoms with Gasteiger partial charge in [0.25, 0.3) is 0 Å². The minimum absolute atomic E-state index is 0.208. The Balaban J connectivity index is 2.61. The minimum Gasteiger partial charge on any atom is -0.481 e. The SMILES string of the molecule is COc1nc(CC(=O)O)nc2ccc(C)cc12. The lowest BCUT2D eigenvalue weighted by molar-refractivity contribution is -0.136. The standard InChI is InChI=1S/C12H12N2O3/c1-7-3-4-9-8(5-7)12(17-2)14-10(13-9)6-11(15)16/h3-5H,6H2,1-2H3,(H,15,16). The summed E-state index contributed by atoms with van der Waals surface area (Å²) < 4.78 is 5.16. The average molecular weight is 232 g/mol. The van der Waals surface area contributed by atoms with Crippen LogP contribution in [0.1, 0.15) is 11.4 Å². The number of carboxylic acid groups (broad SMARTS) is 1. The van der Waals surface area contributed by atoms with E-state index < -0.39 is 5.97 Å². The molecule has 88 valence electrons. The fourth-order valence-corrected chi connectivity index (χ4v) is 1.63. The van der Waals surface area contributed by atoms with Crippen LogP contribution in [0.5, 0.6) is 5.88 Å². The van der Waals surface area contributed by atoms with Crippen LogP contribution in [0.25, 0.3) is 10.9 Å². The van der Waals surface area contributed by atoms with E-state index in [0.29, 0.717) is 11.4 Å². The highest BCUT2D eigenvalue weighted by molar-refractivity contribution is 5.84. The van der Waals surface area contributed by atoms with Gasteiger partial charge in [-0.2, -0.15) is 4.98 Å². The molecular weight excluding hydrogens is 220 g/mol. The molecule has 0 spiro atoms. The van der Waals surface area contributed by atoms with Gasteiger partial charge in [-0.1, -0.05) is 11.6 Å². The molecule has 1 aromatic carbocycles. The van der Waals surface area contributed by atoms with Crippen molar-refractivity contribution in [2.24, 2.45) is 0 Å². The third kappa shape index (κ3) is 2.33. The van der Waals surface area contributed by atoms with Crippen molar-refractivity contribution in [1.82, 2.24) is 9.97 Å². The number of carbonyl (C=O) groups is 1. The molecule has 0 amide bonds. The zero-order valence-corrected chi connectivity index (χ0v) is 9.60. The van der Waals surface area contributed by atoms with Crippen molar-refractivity contribution in [3.8, 4) is 5.88 Å². The number of rotatable bonds is 3. The fourth-order valence-electron chi connectivity index (χ4n) is 1.63. The van der Waals surface area contributed by atoms with E-state index in [1.807, 2.05) is 25.1 Å². The maximum Gasteiger partial charge on any atom is 0.311 e. The smallest absolute Gasteiger partial charge is 0.311 e. The number of hydrogen-bond acceptors (Lipinski definition) is 4. The predicted molar refractivity (Wildman–Crippen MR) is 62.2 cm³/mol. The number of fused-ring (bicyclic) bond motifs is 1. The Morgan fingerprint density at radius 1 is 1.41 bits per heavy atom. The maximum atomic E-state index is 10.6. The highest BCUT2D eigenvalue weighted by atomic mass is 16.5. The van der Waals surface area contributed by atoms with Crippen LogP contribution < -0.4 is 4.74 Å². The Morgan fingerprint density at radius 3 is 2.82 bits per heavy atom. The van der Waals surface area contributed by atoms with E-state index in [9.17, 15) is 4.79 Å². The molecule has 0 unspecified atom stereocenters. The van der Waals surface area contributed by atoms with Gasteiger partial charge in [0.2, 0.25) is 5.88 Å². The molecular formula is C12H12N2O3. The lowest BCUT2D eigenvalue weighted by Crippen LogP contribution is -2.06. The van der Waals surface area contributed by atoms with Crippen LogP contribution in [0.4, 0.5) is 0 Å². The van der Waals surface area contributed by atoms with Gasteiger partial charge in [-0.25, -0.2) is 4.98 Å². The topological polar surface area (TPSA) is 72.3 Å². The number of ether oxygens (including phenoxy) is 1. The van der Waals surface area contributed by atoms with Crippen molar-refractivity contribution in [2.75, 3.05) is 7.11 Å². The molecule has 1 aromatic heterocycles. The van der Waals surface area contributed by atoms with E-state index in [4.69, 9.17) is 9.84 Å². The Labute approximate surface area is 98.1 Å². The summed E-state index contributed by atoms with van der Waals surface area (Å²) in [4.78, 5) is 18.9. The summed E-state index contributed by atoms with van der Waals surface area (Å²) in [7, 11) is 1.51. The second kappa shape index (κ2) is 4.37. The number of benzene rings is 1. The number of hydrogen-bond donors (Lipinski definition) is 1. The number of methoxy groups -OCH3 is 1. The van der Waals surface area contributed by atoms with Crippen molar-refractivity contribution in [1.29, 1.82) is 0 Å². The molecule has 1 heterocycles. The van der Waals surface area contributed by atoms with E-state index in [-0.39, 0.29) is 12.2 Å². The number of aliphatic carboxylic acids is 1. The van der Waals surface area contributed by atoms with Gasteiger partial charge in [-0.15, -0.1) is 0 Å². The lowest BCUT2D eigenvalue weighted by Gasteiger charge is -2.06. The zero-order chi connectivity index (χ0) is 12.4. The lowest BCUT2D eigenvalue weighted by atomic mass is 10.1. The number of nitrogens with zero attached hydrogens (tertiary/aromatic N) is 2. The summed E-state index contributed by atoms with van der Waals surface area (Å²) in [6.45, 7) is 1.96. The van der Waals surface area contributed by atoms with Crippen LogP contribution in [-0.2, 0) is 11.2 Å². The summed E-state index contributed by atoms with van der Waals surface area (Å²) >= 11 is 0. The third-order valence-electron chi connectivity index (χ3n) is 2.37. The number of carboxylic acids is 1. The summed E-state index contributed by atoms with van der Waals surface area (Å²) in [6.07, 6.45) is -0.208. The largest absolute Gasteiger partial charge is 0.481 e. The van der Waals surface area contributed by atoms with Crippen molar-refractivity contribution in [3.63, 3.8) is 0 Å². The van der Waals surface area contributed by atoms with E-state index in [1.165, 1.54) is 7.11 Å². The third-order valence-corrected chi connectivity index (χ3v) is 2.37. The van der Waals surface area contributed by atoms with E-state index in [0.717, 1.165) is 10.9 Å². The second-order valence-electron chi connectivity index (χ2n) is 3.74. The summed E-state index contributed by atoms with van der Waals surface area (Å²) in [5.41, 5.74) is 1.77. The second-order valence-corrected chi connectivity index (χ2v) is 3.74. The van der Waals surface area contributed by atoms with Crippen LogP contribution in [0.15, 0.2) is 18.2 Å². The van der Waals surface area contributed by atoms with Crippen LogP contribution >= 0.6 is 0 Å². The van der Waals surface area contributed by atoms with Crippen LogP contribution in [-0.4, -0.2) is 28.2 Å². The molecule has 2 rings (SSSR count). The van der Waals surface area contributed by atoms with E-state index in [1.54, 1.807) is 0 Å². The normalized spacial score (nSPS) is 10.5. The molecule has 0 aliphatic carbocycles. The Morgan fingerprint density at radius 2 is 2.18 bits per heavy atom. The zero-order valence-electron chi connectivity index (χ0n) is 9.60. The first-order chi connectivity index (χ1) is 8.10. The van der Waals surface area contributed by atoms with Gasteiger partial charge in [-0.05, 0) is 19.1 Å². The van der Waals surface area contributed by atoms with Gasteiger partial charge in [-0.3, -0.25) is 4.79 Å². The molecule has 0 bridgehead atoms. The highest BCUT2D eigenvalue weighted by Gasteiger charge is 2.10. The van der Waals surface area contributed by atoms with Gasteiger partial charge in [0.05, 0.1) is 18.0 Å². The molecule has 17 heavy (non-hydrogen) atoms. The summed E-state index contributed by atoms with van der Waals surface area (Å²) in [5.74, 6) is -0.292. The van der Waals surface area contributed by atoms with Crippen LogP contribution in [0.2, 0.25) is 0 Å². The van der Waals surface area contributed by atoms with Crippen LogP contribution in [0, 0.1) is 6.92 Å². The molecule has 0 radical (unpaired) electrons. The Bertz CT molecular complexity index is 581. The number of aromatic nitrogens is 2. The summed E-state index contributed by atoms with van der Waals surface area (Å²) in [6, 6.07) is 5.66. The molecule has 2 aromatic rings. The first-order valence-electron chi connectivity index (χ1n) is 5.13. The van der Waals surface area contributed by atoms with Gasteiger partial charge in [0.15, 0.2) is 0 Å². The maximum absolute atomic E-state index is 10.6.